The number of fused-ring (bicyclic) bond motifs is 1. The summed E-state index contributed by atoms with van der Waals surface area (Å²) in [6, 6.07) is 9.84. The van der Waals surface area contributed by atoms with Crippen molar-refractivity contribution >= 4 is 23.4 Å². The predicted molar refractivity (Wildman–Crippen MR) is 149 cm³/mol. The molecule has 0 amide bonds. The Hall–Kier alpha value is -4.05. The first kappa shape index (κ1) is 28.0. The molecule has 9 nitrogen and oxygen atoms in total. The van der Waals surface area contributed by atoms with Crippen LogP contribution in [0.15, 0.2) is 57.5 Å². The van der Waals surface area contributed by atoms with E-state index in [0.29, 0.717) is 61.1 Å². The molecule has 206 valence electrons. The van der Waals surface area contributed by atoms with Crippen LogP contribution >= 0.6 is 11.3 Å². The summed E-state index contributed by atoms with van der Waals surface area (Å²) in [5, 5.41) is 0. The average Bonchev–Trinajstić information content (AvgIpc) is 3.26. The highest BCUT2D eigenvalue weighted by Crippen LogP contribution is 2.38. The lowest BCUT2D eigenvalue weighted by Gasteiger charge is -2.27. The van der Waals surface area contributed by atoms with Crippen LogP contribution in [0.25, 0.3) is 6.08 Å². The van der Waals surface area contributed by atoms with Gasteiger partial charge in [0, 0.05) is 11.1 Å². The number of carbonyl (C=O) groups excluding carboxylic acids is 1. The van der Waals surface area contributed by atoms with Crippen LogP contribution in [0.5, 0.6) is 23.0 Å². The van der Waals surface area contributed by atoms with Gasteiger partial charge in [-0.05, 0) is 55.8 Å². The highest BCUT2D eigenvalue weighted by molar-refractivity contribution is 7.07. The van der Waals surface area contributed by atoms with E-state index in [4.69, 9.17) is 28.7 Å². The largest absolute Gasteiger partial charge is 0.497 e. The van der Waals surface area contributed by atoms with Gasteiger partial charge in [0.1, 0.15) is 29.0 Å². The molecule has 0 N–H and O–H groups in total. The van der Waals surface area contributed by atoms with Crippen molar-refractivity contribution in [1.29, 1.82) is 0 Å². The van der Waals surface area contributed by atoms with Gasteiger partial charge in [0.15, 0.2) is 4.80 Å². The van der Waals surface area contributed by atoms with Gasteiger partial charge in [0.2, 0.25) is 0 Å². The number of hydrogen-bond donors (Lipinski definition) is 0. The minimum absolute atomic E-state index is 0.184. The third-order valence-corrected chi connectivity index (χ3v) is 7.33. The molecule has 0 aliphatic carbocycles. The van der Waals surface area contributed by atoms with Crippen molar-refractivity contribution in [3.8, 4) is 23.0 Å². The van der Waals surface area contributed by atoms with Crippen LogP contribution in [-0.2, 0) is 9.53 Å². The maximum absolute atomic E-state index is 14.1. The molecule has 0 bridgehead atoms. The van der Waals surface area contributed by atoms with Crippen molar-refractivity contribution < 1.29 is 28.5 Å². The molecule has 2 heterocycles. The fraction of sp³-hybridized carbons (Fsp3) is 0.345. The summed E-state index contributed by atoms with van der Waals surface area (Å²) in [6.45, 7) is 3.94. The first-order valence-electron chi connectivity index (χ1n) is 12.6. The van der Waals surface area contributed by atoms with Crippen LogP contribution in [0, 0.1) is 0 Å². The second-order valence-electron chi connectivity index (χ2n) is 8.63. The Kier molecular flexibility index (Phi) is 8.75. The molecular weight excluding hydrogens is 520 g/mol. The molecule has 1 aliphatic rings. The Morgan fingerprint density at radius 1 is 0.974 bits per heavy atom. The van der Waals surface area contributed by atoms with Gasteiger partial charge in [0.05, 0.1) is 50.8 Å². The molecule has 0 fully saturated rings. The number of allylic oxidation sites excluding steroid dienone is 1. The summed E-state index contributed by atoms with van der Waals surface area (Å²) in [7, 11) is 6.25. The van der Waals surface area contributed by atoms with Gasteiger partial charge < -0.3 is 23.7 Å². The van der Waals surface area contributed by atoms with E-state index in [2.05, 4.69) is 0 Å². The fourth-order valence-electron chi connectivity index (χ4n) is 4.56. The molecule has 0 saturated heterocycles. The monoisotopic (exact) mass is 552 g/mol. The van der Waals surface area contributed by atoms with Gasteiger partial charge >= 0.3 is 5.97 Å². The molecule has 1 aliphatic heterocycles. The van der Waals surface area contributed by atoms with E-state index in [9.17, 15) is 9.59 Å². The predicted octanol–water partition coefficient (Wildman–Crippen LogP) is 3.61. The molecule has 4 rings (SSSR count). The minimum Gasteiger partial charge on any atom is -0.497 e. The van der Waals surface area contributed by atoms with Gasteiger partial charge in [0.25, 0.3) is 5.56 Å². The topological polar surface area (TPSA) is 97.6 Å². The maximum Gasteiger partial charge on any atom is 0.338 e. The van der Waals surface area contributed by atoms with Crippen molar-refractivity contribution in [3.05, 3.63) is 78.5 Å². The SMILES string of the molecule is CCCC1=C(C(=O)OCC)[C@H](c2cc(OC)ccc2OC)n2c(s/c(=C\c3cc(OC)ccc3OC)c2=O)=N1. The Morgan fingerprint density at radius 2 is 1.64 bits per heavy atom. The third kappa shape index (κ3) is 5.42. The van der Waals surface area contributed by atoms with E-state index in [1.165, 1.54) is 15.9 Å². The van der Waals surface area contributed by atoms with E-state index < -0.39 is 12.0 Å². The zero-order chi connectivity index (χ0) is 28.1. The summed E-state index contributed by atoms with van der Waals surface area (Å²) in [5.74, 6) is 1.76. The number of carbonyl (C=O) groups is 1. The number of aromatic nitrogens is 1. The standard InChI is InChI=1S/C29H32N2O7S/c1-7-9-21-25(28(33)38-8-2)26(20-16-19(35-4)11-13-23(20)37-6)31-27(32)24(39-29(31)30-21)15-17-14-18(34-3)10-12-22(17)36-5/h10-16,26H,7-9H2,1-6H3/b24-15-/t26-/m0/s1. The number of esters is 1. The van der Waals surface area contributed by atoms with Gasteiger partial charge in [-0.1, -0.05) is 24.7 Å². The van der Waals surface area contributed by atoms with Crippen molar-refractivity contribution in [1.82, 2.24) is 4.57 Å². The minimum atomic E-state index is -0.832. The van der Waals surface area contributed by atoms with E-state index >= 15 is 0 Å². The van der Waals surface area contributed by atoms with Gasteiger partial charge in [-0.25, -0.2) is 9.79 Å². The molecule has 0 radical (unpaired) electrons. The number of ether oxygens (including phenoxy) is 5. The van der Waals surface area contributed by atoms with Crippen LogP contribution in [-0.4, -0.2) is 45.6 Å². The van der Waals surface area contributed by atoms with Crippen molar-refractivity contribution in [3.63, 3.8) is 0 Å². The summed E-state index contributed by atoms with van der Waals surface area (Å²) in [4.78, 5) is 32.8. The first-order valence-corrected chi connectivity index (χ1v) is 13.4. The number of hydrogen-bond acceptors (Lipinski definition) is 9. The van der Waals surface area contributed by atoms with Crippen LogP contribution in [0.3, 0.4) is 0 Å². The molecule has 0 spiro atoms. The van der Waals surface area contributed by atoms with Crippen LogP contribution in [0.4, 0.5) is 0 Å². The molecule has 39 heavy (non-hydrogen) atoms. The Balaban J connectivity index is 2.07. The molecule has 2 aromatic carbocycles. The summed E-state index contributed by atoms with van der Waals surface area (Å²) in [6.07, 6.45) is 3.03. The second-order valence-corrected chi connectivity index (χ2v) is 9.64. The second kappa shape index (κ2) is 12.2. The molecule has 1 aromatic heterocycles. The van der Waals surface area contributed by atoms with Gasteiger partial charge in [-0.2, -0.15) is 0 Å². The summed E-state index contributed by atoms with van der Waals surface area (Å²) < 4.78 is 29.5. The van der Waals surface area contributed by atoms with Crippen molar-refractivity contribution in [2.24, 2.45) is 4.99 Å². The number of thiazole rings is 1. The van der Waals surface area contributed by atoms with Crippen molar-refractivity contribution in [2.45, 2.75) is 32.7 Å². The molecule has 3 aromatic rings. The van der Waals surface area contributed by atoms with E-state index in [0.717, 1.165) is 6.42 Å². The zero-order valence-electron chi connectivity index (χ0n) is 22.9. The molecule has 10 heteroatoms. The van der Waals surface area contributed by atoms with Crippen LogP contribution in [0.2, 0.25) is 0 Å². The number of methoxy groups -OCH3 is 4. The smallest absolute Gasteiger partial charge is 0.338 e. The summed E-state index contributed by atoms with van der Waals surface area (Å²) in [5.41, 5.74) is 1.85. The number of benzene rings is 2. The van der Waals surface area contributed by atoms with E-state index in [-0.39, 0.29) is 12.2 Å². The lowest BCUT2D eigenvalue weighted by Crippen LogP contribution is -2.40. The quantitative estimate of drug-likeness (QED) is 0.355. The Labute approximate surface area is 230 Å². The van der Waals surface area contributed by atoms with E-state index in [1.807, 2.05) is 6.92 Å². The highest BCUT2D eigenvalue weighted by atomic mass is 32.1. The van der Waals surface area contributed by atoms with Crippen molar-refractivity contribution in [2.75, 3.05) is 35.0 Å². The van der Waals surface area contributed by atoms with E-state index in [1.54, 1.807) is 77.8 Å². The summed E-state index contributed by atoms with van der Waals surface area (Å²) >= 11 is 1.24. The third-order valence-electron chi connectivity index (χ3n) is 6.35. The van der Waals surface area contributed by atoms with Gasteiger partial charge in [-0.15, -0.1) is 0 Å². The molecular formula is C29H32N2O7S. The zero-order valence-corrected chi connectivity index (χ0v) is 23.7. The molecule has 1 atom stereocenters. The number of nitrogens with zero attached hydrogens (tertiary/aromatic N) is 2. The average molecular weight is 553 g/mol. The maximum atomic E-state index is 14.1. The Morgan fingerprint density at radius 3 is 2.26 bits per heavy atom. The fourth-order valence-corrected chi connectivity index (χ4v) is 5.57. The highest BCUT2D eigenvalue weighted by Gasteiger charge is 2.36. The lowest BCUT2D eigenvalue weighted by molar-refractivity contribution is -0.139. The Bertz CT molecular complexity index is 1590. The molecule has 0 saturated carbocycles. The lowest BCUT2D eigenvalue weighted by atomic mass is 9.93. The van der Waals surface area contributed by atoms with Gasteiger partial charge in [-0.3, -0.25) is 9.36 Å². The first-order chi connectivity index (χ1) is 18.9. The van der Waals surface area contributed by atoms with Crippen LogP contribution < -0.4 is 33.8 Å². The van der Waals surface area contributed by atoms with Crippen LogP contribution in [0.1, 0.15) is 43.9 Å². The normalized spacial score (nSPS) is 14.9. The molecule has 0 unspecified atom stereocenters. The number of rotatable bonds is 10.